The third kappa shape index (κ3) is 3.34. The number of hydrogen-bond donors (Lipinski definition) is 2. The zero-order valence-corrected chi connectivity index (χ0v) is 12.2. The van der Waals surface area contributed by atoms with Gasteiger partial charge >= 0.3 is 0 Å². The second kappa shape index (κ2) is 5.60. The van der Waals surface area contributed by atoms with Gasteiger partial charge in [0.25, 0.3) is 10.0 Å². The smallest absolute Gasteiger partial charge is 0.259 e. The van der Waals surface area contributed by atoms with Crippen molar-refractivity contribution in [1.82, 2.24) is 14.3 Å². The van der Waals surface area contributed by atoms with Gasteiger partial charge < -0.3 is 9.67 Å². The van der Waals surface area contributed by atoms with Crippen LogP contribution in [0.2, 0.25) is 0 Å². The molecule has 6 nitrogen and oxygen atoms in total. The van der Waals surface area contributed by atoms with E-state index < -0.39 is 16.1 Å². The molecule has 2 N–H and O–H groups in total. The molecule has 19 heavy (non-hydrogen) atoms. The van der Waals surface area contributed by atoms with Crippen molar-refractivity contribution in [2.75, 3.05) is 6.54 Å². The molecule has 0 radical (unpaired) electrons. The normalized spacial score (nSPS) is 24.6. The van der Waals surface area contributed by atoms with Gasteiger partial charge in [0.15, 0.2) is 5.03 Å². The second-order valence-corrected chi connectivity index (χ2v) is 6.91. The summed E-state index contributed by atoms with van der Waals surface area (Å²) in [5, 5.41) is 9.87. The van der Waals surface area contributed by atoms with Gasteiger partial charge in [0.1, 0.15) is 5.82 Å². The van der Waals surface area contributed by atoms with Gasteiger partial charge in [-0.15, -0.1) is 0 Å². The lowest BCUT2D eigenvalue weighted by atomic mass is 9.87. The molecular formula is C12H21N3O3S. The lowest BCUT2D eigenvalue weighted by molar-refractivity contribution is 0.0724. The first-order valence-corrected chi connectivity index (χ1v) is 8.06. The molecule has 108 valence electrons. The Morgan fingerprint density at radius 1 is 1.47 bits per heavy atom. The van der Waals surface area contributed by atoms with E-state index >= 15 is 0 Å². The van der Waals surface area contributed by atoms with Crippen molar-refractivity contribution in [3.05, 3.63) is 12.0 Å². The molecule has 0 aromatic carbocycles. The number of imidazole rings is 1. The van der Waals surface area contributed by atoms with Crippen LogP contribution in [0.1, 0.15) is 31.5 Å². The van der Waals surface area contributed by atoms with E-state index in [0.717, 1.165) is 25.7 Å². The standard InChI is InChI=1S/C12H21N3O3S/c1-9-14-12(8-15(9)2)19(17,18)13-7-10-5-3-4-6-11(10)16/h8,10-11,13,16H,3-7H2,1-2H3. The van der Waals surface area contributed by atoms with Gasteiger partial charge in [-0.1, -0.05) is 12.8 Å². The van der Waals surface area contributed by atoms with Crippen LogP contribution in [-0.2, 0) is 17.1 Å². The summed E-state index contributed by atoms with van der Waals surface area (Å²) in [5.41, 5.74) is 0. The number of nitrogens with zero attached hydrogens (tertiary/aromatic N) is 2. The number of sulfonamides is 1. The van der Waals surface area contributed by atoms with Crippen molar-refractivity contribution in [3.8, 4) is 0 Å². The molecule has 2 atom stereocenters. The van der Waals surface area contributed by atoms with Crippen molar-refractivity contribution < 1.29 is 13.5 Å². The predicted octanol–water partition coefficient (Wildman–Crippen LogP) is 0.558. The van der Waals surface area contributed by atoms with Crippen molar-refractivity contribution in [2.24, 2.45) is 13.0 Å². The minimum Gasteiger partial charge on any atom is -0.393 e. The third-order valence-electron chi connectivity index (χ3n) is 3.77. The van der Waals surface area contributed by atoms with Crippen molar-refractivity contribution >= 4 is 10.0 Å². The Kier molecular flexibility index (Phi) is 4.27. The van der Waals surface area contributed by atoms with Crippen LogP contribution >= 0.6 is 0 Å². The number of aliphatic hydroxyl groups excluding tert-OH is 1. The van der Waals surface area contributed by atoms with E-state index in [1.165, 1.54) is 6.20 Å². The van der Waals surface area contributed by atoms with E-state index in [0.29, 0.717) is 5.82 Å². The second-order valence-electron chi connectivity index (χ2n) is 5.20. The maximum absolute atomic E-state index is 12.1. The topological polar surface area (TPSA) is 84.2 Å². The Hall–Kier alpha value is -0.920. The highest BCUT2D eigenvalue weighted by Crippen LogP contribution is 2.24. The maximum Gasteiger partial charge on any atom is 0.259 e. The SMILES string of the molecule is Cc1nc(S(=O)(=O)NCC2CCCCC2O)cn1C. The molecule has 1 aliphatic rings. The quantitative estimate of drug-likeness (QED) is 0.847. The lowest BCUT2D eigenvalue weighted by Crippen LogP contribution is -2.36. The fraction of sp³-hybridized carbons (Fsp3) is 0.750. The molecule has 0 bridgehead atoms. The van der Waals surface area contributed by atoms with Crippen molar-refractivity contribution in [2.45, 2.75) is 43.7 Å². The summed E-state index contributed by atoms with van der Waals surface area (Å²) in [6, 6.07) is 0. The Morgan fingerprint density at radius 2 is 2.16 bits per heavy atom. The summed E-state index contributed by atoms with van der Waals surface area (Å²) in [7, 11) is -1.82. The molecule has 2 rings (SSSR count). The van der Waals surface area contributed by atoms with E-state index in [-0.39, 0.29) is 17.5 Å². The van der Waals surface area contributed by atoms with Gasteiger partial charge in [-0.05, 0) is 25.7 Å². The Bertz CT molecular complexity index is 519. The van der Waals surface area contributed by atoms with Crippen molar-refractivity contribution in [1.29, 1.82) is 0 Å². The van der Waals surface area contributed by atoms with Crippen LogP contribution in [0.3, 0.4) is 0 Å². The number of nitrogens with one attached hydrogen (secondary N) is 1. The van der Waals surface area contributed by atoms with Gasteiger partial charge in [0, 0.05) is 19.8 Å². The molecule has 1 fully saturated rings. The van der Waals surface area contributed by atoms with Gasteiger partial charge in [0.05, 0.1) is 6.10 Å². The zero-order chi connectivity index (χ0) is 14.0. The van der Waals surface area contributed by atoms with E-state index in [9.17, 15) is 13.5 Å². The summed E-state index contributed by atoms with van der Waals surface area (Å²) >= 11 is 0. The average Bonchev–Trinajstić information content (AvgIpc) is 2.70. The number of aryl methyl sites for hydroxylation is 2. The van der Waals surface area contributed by atoms with Crippen LogP contribution in [0.15, 0.2) is 11.2 Å². The van der Waals surface area contributed by atoms with Gasteiger partial charge in [-0.25, -0.2) is 18.1 Å². The molecule has 1 aromatic rings. The first-order valence-electron chi connectivity index (χ1n) is 6.58. The van der Waals surface area contributed by atoms with E-state index in [1.807, 2.05) is 0 Å². The molecule has 1 aliphatic carbocycles. The Labute approximate surface area is 113 Å². The molecule has 0 saturated heterocycles. The summed E-state index contributed by atoms with van der Waals surface area (Å²) < 4.78 is 28.4. The molecule has 1 saturated carbocycles. The molecular weight excluding hydrogens is 266 g/mol. The molecule has 2 unspecified atom stereocenters. The highest BCUT2D eigenvalue weighted by molar-refractivity contribution is 7.89. The van der Waals surface area contributed by atoms with Crippen molar-refractivity contribution in [3.63, 3.8) is 0 Å². The van der Waals surface area contributed by atoms with Crippen LogP contribution in [0.5, 0.6) is 0 Å². The monoisotopic (exact) mass is 287 g/mol. The van der Waals surface area contributed by atoms with E-state index in [1.54, 1.807) is 18.5 Å². The fourth-order valence-electron chi connectivity index (χ4n) is 2.37. The number of aromatic nitrogens is 2. The molecule has 0 amide bonds. The maximum atomic E-state index is 12.1. The molecule has 0 aliphatic heterocycles. The van der Waals surface area contributed by atoms with Gasteiger partial charge in [-0.3, -0.25) is 0 Å². The fourth-order valence-corrected chi connectivity index (χ4v) is 3.50. The predicted molar refractivity (Wildman–Crippen MR) is 71.1 cm³/mol. The van der Waals surface area contributed by atoms with E-state index in [4.69, 9.17) is 0 Å². The summed E-state index contributed by atoms with van der Waals surface area (Å²) in [4.78, 5) is 4.01. The summed E-state index contributed by atoms with van der Waals surface area (Å²) in [6.07, 6.45) is 4.78. The number of hydrogen-bond acceptors (Lipinski definition) is 4. The summed E-state index contributed by atoms with van der Waals surface area (Å²) in [6.45, 7) is 2.03. The average molecular weight is 287 g/mol. The lowest BCUT2D eigenvalue weighted by Gasteiger charge is -2.27. The van der Waals surface area contributed by atoms with Gasteiger partial charge in [-0.2, -0.15) is 0 Å². The largest absolute Gasteiger partial charge is 0.393 e. The van der Waals surface area contributed by atoms with Crippen LogP contribution in [0.25, 0.3) is 0 Å². The minimum absolute atomic E-state index is 0.00772. The van der Waals surface area contributed by atoms with Crippen LogP contribution in [0, 0.1) is 12.8 Å². The van der Waals surface area contributed by atoms with Crippen LogP contribution in [-0.4, -0.2) is 35.7 Å². The molecule has 7 heteroatoms. The summed E-state index contributed by atoms with van der Waals surface area (Å²) in [5.74, 6) is 0.659. The molecule has 1 aromatic heterocycles. The Morgan fingerprint density at radius 3 is 2.74 bits per heavy atom. The first kappa shape index (κ1) is 14.5. The highest BCUT2D eigenvalue weighted by atomic mass is 32.2. The molecule has 1 heterocycles. The highest BCUT2D eigenvalue weighted by Gasteiger charge is 2.26. The first-order chi connectivity index (χ1) is 8.90. The minimum atomic E-state index is -3.58. The number of aliphatic hydroxyl groups is 1. The van der Waals surface area contributed by atoms with Crippen LogP contribution in [0.4, 0.5) is 0 Å². The van der Waals surface area contributed by atoms with Crippen LogP contribution < -0.4 is 4.72 Å². The Balaban J connectivity index is 2.01. The third-order valence-corrected chi connectivity index (χ3v) is 5.06. The number of rotatable bonds is 4. The van der Waals surface area contributed by atoms with E-state index in [2.05, 4.69) is 9.71 Å². The zero-order valence-electron chi connectivity index (χ0n) is 11.3. The van der Waals surface area contributed by atoms with Gasteiger partial charge in [0.2, 0.25) is 0 Å². The molecule has 0 spiro atoms.